The molecule has 128 valence electrons. The number of aromatic nitrogens is 1. The normalized spacial score (nSPS) is 10.8. The summed E-state index contributed by atoms with van der Waals surface area (Å²) < 4.78 is 18.7. The molecule has 0 aliphatic heterocycles. The summed E-state index contributed by atoms with van der Waals surface area (Å²) in [5.41, 5.74) is 3.55. The third kappa shape index (κ3) is 3.38. The lowest BCUT2D eigenvalue weighted by Gasteiger charge is -2.16. The predicted molar refractivity (Wildman–Crippen MR) is 97.1 cm³/mol. The van der Waals surface area contributed by atoms with Crippen molar-refractivity contribution in [2.45, 2.75) is 26.7 Å². The maximum atomic E-state index is 13.4. The van der Waals surface area contributed by atoms with E-state index in [0.29, 0.717) is 18.6 Å². The fourth-order valence-corrected chi connectivity index (χ4v) is 3.02. The van der Waals surface area contributed by atoms with E-state index in [1.165, 1.54) is 12.1 Å². The minimum atomic E-state index is -0.386. The molecule has 3 rings (SSSR count). The highest BCUT2D eigenvalue weighted by Gasteiger charge is 2.22. The number of fused-ring (bicyclic) bond motifs is 1. The molecular weight excluding hydrogens is 317 g/mol. The van der Waals surface area contributed by atoms with Gasteiger partial charge in [0.1, 0.15) is 5.82 Å². The molecule has 1 aromatic heterocycles. The molecule has 0 amide bonds. The minimum absolute atomic E-state index is 0.292. The molecule has 0 bridgehead atoms. The highest BCUT2D eigenvalue weighted by molar-refractivity contribution is 6.07. The zero-order chi connectivity index (χ0) is 17.8. The van der Waals surface area contributed by atoms with E-state index in [1.54, 1.807) is 19.1 Å². The van der Waals surface area contributed by atoms with Crippen LogP contribution in [0.25, 0.3) is 22.0 Å². The molecule has 3 aromatic rings. The molecule has 4 heteroatoms. The smallest absolute Gasteiger partial charge is 0.340 e. The van der Waals surface area contributed by atoms with Gasteiger partial charge in [0.15, 0.2) is 0 Å². The molecule has 0 N–H and O–H groups in total. The van der Waals surface area contributed by atoms with Crippen LogP contribution in [0.2, 0.25) is 0 Å². The number of nitrogens with zero attached hydrogens (tertiary/aromatic N) is 1. The van der Waals surface area contributed by atoms with Crippen LogP contribution in [-0.4, -0.2) is 17.6 Å². The number of hydrogen-bond acceptors (Lipinski definition) is 3. The summed E-state index contributed by atoms with van der Waals surface area (Å²) in [4.78, 5) is 17.4. The number of halogens is 1. The van der Waals surface area contributed by atoms with Crippen LogP contribution in [0.3, 0.4) is 0 Å². The second-order valence-corrected chi connectivity index (χ2v) is 5.80. The van der Waals surface area contributed by atoms with Crippen molar-refractivity contribution in [1.82, 2.24) is 4.98 Å². The maximum Gasteiger partial charge on any atom is 0.340 e. The first-order valence-corrected chi connectivity index (χ1v) is 8.50. The van der Waals surface area contributed by atoms with Crippen LogP contribution in [0.4, 0.5) is 4.39 Å². The molecule has 2 aromatic carbocycles. The van der Waals surface area contributed by atoms with E-state index in [4.69, 9.17) is 9.72 Å². The Bertz CT molecular complexity index is 904. The van der Waals surface area contributed by atoms with E-state index in [0.717, 1.165) is 34.1 Å². The molecular formula is C21H20FNO2. The van der Waals surface area contributed by atoms with Crippen molar-refractivity contribution in [1.29, 1.82) is 0 Å². The van der Waals surface area contributed by atoms with Gasteiger partial charge in [0, 0.05) is 10.9 Å². The Morgan fingerprint density at radius 1 is 1.08 bits per heavy atom. The highest BCUT2D eigenvalue weighted by Crippen LogP contribution is 2.34. The Balaban J connectivity index is 2.37. The largest absolute Gasteiger partial charge is 0.462 e. The van der Waals surface area contributed by atoms with Gasteiger partial charge in [-0.3, -0.25) is 4.98 Å². The Morgan fingerprint density at radius 3 is 2.48 bits per heavy atom. The van der Waals surface area contributed by atoms with E-state index >= 15 is 0 Å². The molecule has 0 radical (unpaired) electrons. The molecule has 3 nitrogen and oxygen atoms in total. The quantitative estimate of drug-likeness (QED) is 0.603. The number of carbonyl (C=O) groups excluding carboxylic acids is 1. The molecule has 0 fully saturated rings. The summed E-state index contributed by atoms with van der Waals surface area (Å²) in [6, 6.07) is 13.9. The molecule has 0 aliphatic carbocycles. The number of carbonyl (C=O) groups is 1. The topological polar surface area (TPSA) is 39.2 Å². The van der Waals surface area contributed by atoms with Gasteiger partial charge >= 0.3 is 5.97 Å². The molecule has 0 saturated heterocycles. The lowest BCUT2D eigenvalue weighted by atomic mass is 9.93. The van der Waals surface area contributed by atoms with Crippen LogP contribution < -0.4 is 0 Å². The summed E-state index contributed by atoms with van der Waals surface area (Å²) in [7, 11) is 0. The van der Waals surface area contributed by atoms with E-state index in [1.807, 2.05) is 31.2 Å². The minimum Gasteiger partial charge on any atom is -0.462 e. The fourth-order valence-electron chi connectivity index (χ4n) is 3.02. The molecule has 0 spiro atoms. The van der Waals surface area contributed by atoms with Gasteiger partial charge in [-0.05, 0) is 37.1 Å². The zero-order valence-electron chi connectivity index (χ0n) is 14.4. The van der Waals surface area contributed by atoms with Crippen molar-refractivity contribution >= 4 is 16.9 Å². The van der Waals surface area contributed by atoms with Crippen LogP contribution in [0, 0.1) is 5.82 Å². The monoisotopic (exact) mass is 337 g/mol. The number of para-hydroxylation sites is 1. The Labute approximate surface area is 146 Å². The van der Waals surface area contributed by atoms with Gasteiger partial charge in [-0.2, -0.15) is 0 Å². The molecule has 25 heavy (non-hydrogen) atoms. The van der Waals surface area contributed by atoms with Gasteiger partial charge in [-0.1, -0.05) is 43.7 Å². The van der Waals surface area contributed by atoms with Crippen molar-refractivity contribution < 1.29 is 13.9 Å². The predicted octanol–water partition coefficient (Wildman–Crippen LogP) is 5.17. The number of pyridine rings is 1. The van der Waals surface area contributed by atoms with E-state index in [-0.39, 0.29) is 11.8 Å². The van der Waals surface area contributed by atoms with Crippen LogP contribution in [0.15, 0.2) is 48.5 Å². The average molecular weight is 337 g/mol. The van der Waals surface area contributed by atoms with Gasteiger partial charge in [-0.15, -0.1) is 0 Å². The molecule has 0 aliphatic rings. The number of rotatable bonds is 5. The van der Waals surface area contributed by atoms with Crippen LogP contribution in [0.1, 0.15) is 36.3 Å². The Hall–Kier alpha value is -2.75. The second kappa shape index (κ2) is 7.43. The third-order valence-electron chi connectivity index (χ3n) is 4.07. The summed E-state index contributed by atoms with van der Waals surface area (Å²) in [6.07, 6.45) is 1.54. The zero-order valence-corrected chi connectivity index (χ0v) is 14.4. The number of benzene rings is 2. The van der Waals surface area contributed by atoms with Crippen molar-refractivity contribution in [3.8, 4) is 11.1 Å². The number of hydrogen-bond donors (Lipinski definition) is 0. The van der Waals surface area contributed by atoms with Gasteiger partial charge in [-0.25, -0.2) is 9.18 Å². The van der Waals surface area contributed by atoms with Gasteiger partial charge in [0.25, 0.3) is 0 Å². The lowest BCUT2D eigenvalue weighted by Crippen LogP contribution is -2.12. The first-order valence-electron chi connectivity index (χ1n) is 8.50. The Kier molecular flexibility index (Phi) is 5.08. The fraction of sp³-hybridized carbons (Fsp3) is 0.238. The first-order chi connectivity index (χ1) is 12.2. The SMILES string of the molecule is CCCc1nc2ccccc2c(-c2ccc(F)cc2)c1C(=O)OCC. The summed E-state index contributed by atoms with van der Waals surface area (Å²) in [6.45, 7) is 4.12. The molecule has 0 unspecified atom stereocenters. The number of aryl methyl sites for hydroxylation is 1. The van der Waals surface area contributed by atoms with Crippen molar-refractivity contribution in [3.63, 3.8) is 0 Å². The van der Waals surface area contributed by atoms with Gasteiger partial charge < -0.3 is 4.74 Å². The molecule has 0 atom stereocenters. The summed E-state index contributed by atoms with van der Waals surface area (Å²) in [5.74, 6) is -0.697. The number of esters is 1. The summed E-state index contributed by atoms with van der Waals surface area (Å²) in [5, 5.41) is 0.858. The Morgan fingerprint density at radius 2 is 1.80 bits per heavy atom. The van der Waals surface area contributed by atoms with Crippen molar-refractivity contribution in [3.05, 3.63) is 65.6 Å². The van der Waals surface area contributed by atoms with Crippen LogP contribution >= 0.6 is 0 Å². The molecule has 1 heterocycles. The van der Waals surface area contributed by atoms with Crippen molar-refractivity contribution in [2.75, 3.05) is 6.61 Å². The van der Waals surface area contributed by atoms with E-state index < -0.39 is 0 Å². The van der Waals surface area contributed by atoms with Crippen molar-refractivity contribution in [2.24, 2.45) is 0 Å². The average Bonchev–Trinajstić information content (AvgIpc) is 2.62. The third-order valence-corrected chi connectivity index (χ3v) is 4.07. The lowest BCUT2D eigenvalue weighted by molar-refractivity contribution is 0.0525. The van der Waals surface area contributed by atoms with Gasteiger partial charge in [0.05, 0.1) is 23.4 Å². The van der Waals surface area contributed by atoms with E-state index in [2.05, 4.69) is 0 Å². The van der Waals surface area contributed by atoms with E-state index in [9.17, 15) is 9.18 Å². The van der Waals surface area contributed by atoms with Crippen LogP contribution in [-0.2, 0) is 11.2 Å². The molecule has 0 saturated carbocycles. The number of ether oxygens (including phenoxy) is 1. The maximum absolute atomic E-state index is 13.4. The van der Waals surface area contributed by atoms with Crippen LogP contribution in [0.5, 0.6) is 0 Å². The van der Waals surface area contributed by atoms with Gasteiger partial charge in [0.2, 0.25) is 0 Å². The standard InChI is InChI=1S/C21H20FNO2/c1-3-7-18-20(21(24)25-4-2)19(14-10-12-15(22)13-11-14)16-8-5-6-9-17(16)23-18/h5-6,8-13H,3-4,7H2,1-2H3. The highest BCUT2D eigenvalue weighted by atomic mass is 19.1. The first kappa shape index (κ1) is 17.1. The summed E-state index contributed by atoms with van der Waals surface area (Å²) >= 11 is 0. The second-order valence-electron chi connectivity index (χ2n) is 5.80.